The Balaban J connectivity index is 2.17. The molecule has 2 rings (SSSR count). The lowest BCUT2D eigenvalue weighted by Gasteiger charge is -2.60. The predicted molar refractivity (Wildman–Crippen MR) is 43.0 cm³/mol. The molecule has 1 aliphatic carbocycles. The van der Waals surface area contributed by atoms with E-state index in [0.29, 0.717) is 11.0 Å². The second-order valence-corrected chi connectivity index (χ2v) is 4.45. The van der Waals surface area contributed by atoms with Crippen LogP contribution in [0, 0.1) is 5.41 Å². The van der Waals surface area contributed by atoms with Crippen LogP contribution in [0.3, 0.4) is 0 Å². The van der Waals surface area contributed by atoms with E-state index in [2.05, 4.69) is 19.2 Å². The summed E-state index contributed by atoms with van der Waals surface area (Å²) in [5.41, 5.74) is 1.15. The van der Waals surface area contributed by atoms with E-state index in [9.17, 15) is 0 Å². The molecule has 1 N–H and O–H groups in total. The fourth-order valence-electron chi connectivity index (χ4n) is 2.44. The van der Waals surface area contributed by atoms with Gasteiger partial charge >= 0.3 is 0 Å². The minimum atomic E-state index is 0.505. The number of rotatable bonds is 0. The zero-order valence-electron chi connectivity index (χ0n) is 7.04. The third kappa shape index (κ3) is 0.619. The normalized spacial score (nSPS) is 53.4. The van der Waals surface area contributed by atoms with Crippen LogP contribution in [0.1, 0.15) is 39.5 Å². The molecule has 2 atom stereocenters. The molecule has 1 aliphatic heterocycles. The molecule has 0 aromatic carbocycles. The van der Waals surface area contributed by atoms with Crippen LogP contribution in [-0.2, 0) is 0 Å². The molecule has 2 aliphatic rings. The summed E-state index contributed by atoms with van der Waals surface area (Å²) in [7, 11) is 0. The lowest BCUT2D eigenvalue weighted by molar-refractivity contribution is -0.0278. The summed E-state index contributed by atoms with van der Waals surface area (Å²) in [6, 6.07) is 0. The summed E-state index contributed by atoms with van der Waals surface area (Å²) in [6.07, 6.45) is 5.72. The third-order valence-corrected chi connectivity index (χ3v) is 3.86. The summed E-state index contributed by atoms with van der Waals surface area (Å²) < 4.78 is 0. The van der Waals surface area contributed by atoms with E-state index in [1.54, 1.807) is 0 Å². The van der Waals surface area contributed by atoms with Crippen LogP contribution >= 0.6 is 0 Å². The van der Waals surface area contributed by atoms with E-state index in [-0.39, 0.29) is 0 Å². The van der Waals surface area contributed by atoms with Gasteiger partial charge in [0.2, 0.25) is 0 Å². The average Bonchev–Trinajstić information content (AvgIpc) is 1.92. The van der Waals surface area contributed by atoms with Crippen molar-refractivity contribution < 1.29 is 0 Å². The van der Waals surface area contributed by atoms with Gasteiger partial charge in [0.25, 0.3) is 0 Å². The molecule has 0 aromatic heterocycles. The van der Waals surface area contributed by atoms with Crippen LogP contribution in [0.2, 0.25) is 0 Å². The Morgan fingerprint density at radius 1 is 1.10 bits per heavy atom. The van der Waals surface area contributed by atoms with E-state index >= 15 is 0 Å². The number of hydrogen-bond acceptors (Lipinski definition) is 1. The van der Waals surface area contributed by atoms with E-state index in [1.807, 2.05) is 0 Å². The van der Waals surface area contributed by atoms with Gasteiger partial charge in [0, 0.05) is 12.1 Å². The van der Waals surface area contributed by atoms with E-state index in [1.165, 1.54) is 32.2 Å². The molecule has 58 valence electrons. The average molecular weight is 139 g/mol. The summed E-state index contributed by atoms with van der Waals surface area (Å²) in [6.45, 7) is 6.07. The Morgan fingerprint density at radius 3 is 2.10 bits per heavy atom. The summed E-state index contributed by atoms with van der Waals surface area (Å²) >= 11 is 0. The summed E-state index contributed by atoms with van der Waals surface area (Å²) in [5, 5.41) is 3.56. The highest BCUT2D eigenvalue weighted by Gasteiger charge is 2.52. The van der Waals surface area contributed by atoms with Crippen LogP contribution in [-0.4, -0.2) is 12.1 Å². The first-order valence-electron chi connectivity index (χ1n) is 4.41. The van der Waals surface area contributed by atoms with Crippen molar-refractivity contribution in [1.29, 1.82) is 0 Å². The Kier molecular flexibility index (Phi) is 1.17. The maximum absolute atomic E-state index is 3.56. The van der Waals surface area contributed by atoms with Gasteiger partial charge in [-0.3, -0.25) is 0 Å². The van der Waals surface area contributed by atoms with Gasteiger partial charge in [-0.25, -0.2) is 0 Å². The number of nitrogens with one attached hydrogen (secondary N) is 1. The Labute approximate surface area is 63.2 Å². The molecule has 1 heterocycles. The first kappa shape index (κ1) is 6.66. The first-order chi connectivity index (χ1) is 4.66. The lowest BCUT2D eigenvalue weighted by Crippen LogP contribution is -2.71. The van der Waals surface area contributed by atoms with E-state index in [0.717, 1.165) is 0 Å². The molecule has 1 saturated carbocycles. The molecule has 0 bridgehead atoms. The molecule has 0 radical (unpaired) electrons. The zero-order chi connectivity index (χ0) is 7.24. The Morgan fingerprint density at radius 2 is 1.80 bits per heavy atom. The van der Waals surface area contributed by atoms with Crippen molar-refractivity contribution in [3.8, 4) is 0 Å². The maximum atomic E-state index is 3.56. The van der Waals surface area contributed by atoms with Crippen LogP contribution < -0.4 is 5.32 Å². The molecule has 0 amide bonds. The van der Waals surface area contributed by atoms with Gasteiger partial charge in [0.1, 0.15) is 0 Å². The highest BCUT2D eigenvalue weighted by Crippen LogP contribution is 2.49. The van der Waals surface area contributed by atoms with Crippen LogP contribution in [0.5, 0.6) is 0 Å². The molecular weight excluding hydrogens is 122 g/mol. The van der Waals surface area contributed by atoms with Crippen molar-refractivity contribution in [2.45, 2.75) is 45.1 Å². The maximum Gasteiger partial charge on any atom is 0.0219 e. The monoisotopic (exact) mass is 139 g/mol. The molecule has 10 heavy (non-hydrogen) atoms. The van der Waals surface area contributed by atoms with Gasteiger partial charge in [0.05, 0.1) is 0 Å². The standard InChI is InChI=1S/C9H17N/c1-8-5-3-4-6-9(8,2)10-7-8/h10H,3-7H2,1-2H3/t8-,9-/m0/s1. The van der Waals surface area contributed by atoms with Gasteiger partial charge < -0.3 is 5.32 Å². The fourth-order valence-corrected chi connectivity index (χ4v) is 2.44. The van der Waals surface area contributed by atoms with E-state index in [4.69, 9.17) is 0 Å². The van der Waals surface area contributed by atoms with Gasteiger partial charge in [-0.1, -0.05) is 19.8 Å². The molecule has 1 saturated heterocycles. The molecule has 1 heteroatoms. The minimum Gasteiger partial charge on any atom is -0.310 e. The predicted octanol–water partition coefficient (Wildman–Crippen LogP) is 1.93. The van der Waals surface area contributed by atoms with E-state index < -0.39 is 0 Å². The Bertz CT molecular complexity index is 137. The molecule has 0 spiro atoms. The molecule has 0 unspecified atom stereocenters. The summed E-state index contributed by atoms with van der Waals surface area (Å²) in [5.74, 6) is 0. The minimum absolute atomic E-state index is 0.505. The van der Waals surface area contributed by atoms with Crippen molar-refractivity contribution in [2.75, 3.05) is 6.54 Å². The smallest absolute Gasteiger partial charge is 0.0219 e. The zero-order valence-corrected chi connectivity index (χ0v) is 7.04. The molecule has 1 nitrogen and oxygen atoms in total. The summed E-state index contributed by atoms with van der Waals surface area (Å²) in [4.78, 5) is 0. The highest BCUT2D eigenvalue weighted by molar-refractivity contribution is 5.10. The Hall–Kier alpha value is -0.0400. The first-order valence-corrected chi connectivity index (χ1v) is 4.41. The highest BCUT2D eigenvalue weighted by atomic mass is 15.1. The SMILES string of the molecule is C[C@@]12CCCC[C@]1(C)NC2. The molecular formula is C9H17N. The van der Waals surface area contributed by atoms with Gasteiger partial charge in [0.15, 0.2) is 0 Å². The van der Waals surface area contributed by atoms with Gasteiger partial charge in [-0.2, -0.15) is 0 Å². The molecule has 0 aromatic rings. The van der Waals surface area contributed by atoms with Gasteiger partial charge in [-0.15, -0.1) is 0 Å². The van der Waals surface area contributed by atoms with Crippen molar-refractivity contribution in [3.63, 3.8) is 0 Å². The van der Waals surface area contributed by atoms with Crippen molar-refractivity contribution >= 4 is 0 Å². The van der Waals surface area contributed by atoms with Crippen molar-refractivity contribution in [1.82, 2.24) is 5.32 Å². The topological polar surface area (TPSA) is 12.0 Å². The second kappa shape index (κ2) is 1.76. The van der Waals surface area contributed by atoms with Gasteiger partial charge in [-0.05, 0) is 25.2 Å². The number of hydrogen-bond donors (Lipinski definition) is 1. The van der Waals surface area contributed by atoms with Crippen LogP contribution in [0.25, 0.3) is 0 Å². The second-order valence-electron chi connectivity index (χ2n) is 4.45. The lowest BCUT2D eigenvalue weighted by atomic mass is 9.57. The quantitative estimate of drug-likeness (QED) is 0.540. The van der Waals surface area contributed by atoms with Crippen molar-refractivity contribution in [2.24, 2.45) is 5.41 Å². The van der Waals surface area contributed by atoms with Crippen LogP contribution in [0.15, 0.2) is 0 Å². The van der Waals surface area contributed by atoms with Crippen molar-refractivity contribution in [3.05, 3.63) is 0 Å². The largest absolute Gasteiger partial charge is 0.310 e. The fraction of sp³-hybridized carbons (Fsp3) is 1.00. The third-order valence-electron chi connectivity index (χ3n) is 3.86. The molecule has 2 fully saturated rings. The van der Waals surface area contributed by atoms with Crippen LogP contribution in [0.4, 0.5) is 0 Å². The number of fused-ring (bicyclic) bond motifs is 1.